The Kier molecular flexibility index (Phi) is 4.86. The number of Topliss-reactive ketones (excluding diaryl/α,β-unsaturated/α-hetero) is 1. The number of hydrogen-bond acceptors (Lipinski definition) is 5. The lowest BCUT2D eigenvalue weighted by molar-refractivity contribution is 0.102. The average molecular weight is 318 g/mol. The van der Waals surface area contributed by atoms with Gasteiger partial charge in [-0.2, -0.15) is 0 Å². The number of ether oxygens (including phenoxy) is 1. The van der Waals surface area contributed by atoms with Crippen LogP contribution in [0, 0.1) is 6.92 Å². The number of methoxy groups -OCH3 is 1. The standard InChI is InChI=1S/C17H22N2O2S/c1-9(2)12-8-13(10(3)7-14(12)21-6)15-16(11(4)20)22-17(18-5)19-15/h7-9H,1-6H3,(H,18,19). The summed E-state index contributed by atoms with van der Waals surface area (Å²) in [6, 6.07) is 4.12. The molecule has 2 rings (SSSR count). The predicted octanol–water partition coefficient (Wildman–Crippen LogP) is 4.49. The first kappa shape index (κ1) is 16.5. The number of aryl methyl sites for hydroxylation is 1. The van der Waals surface area contributed by atoms with Crippen molar-refractivity contribution >= 4 is 22.3 Å². The molecule has 0 bridgehead atoms. The lowest BCUT2D eigenvalue weighted by atomic mass is 9.94. The number of nitrogens with zero attached hydrogens (tertiary/aromatic N) is 1. The Morgan fingerprint density at radius 2 is 2.05 bits per heavy atom. The quantitative estimate of drug-likeness (QED) is 0.825. The zero-order chi connectivity index (χ0) is 16.4. The number of hydrogen-bond donors (Lipinski definition) is 1. The number of nitrogens with one attached hydrogen (secondary N) is 1. The molecule has 4 nitrogen and oxygen atoms in total. The molecule has 0 aliphatic rings. The van der Waals surface area contributed by atoms with Crippen LogP contribution in [0.25, 0.3) is 11.3 Å². The summed E-state index contributed by atoms with van der Waals surface area (Å²) < 4.78 is 5.49. The van der Waals surface area contributed by atoms with Crippen LogP contribution in [0.1, 0.15) is 47.5 Å². The van der Waals surface area contributed by atoms with Gasteiger partial charge in [0.1, 0.15) is 5.75 Å². The van der Waals surface area contributed by atoms with Gasteiger partial charge in [-0.15, -0.1) is 0 Å². The highest BCUT2D eigenvalue weighted by molar-refractivity contribution is 7.18. The second-order valence-electron chi connectivity index (χ2n) is 5.57. The number of anilines is 1. The molecule has 1 aromatic carbocycles. The number of rotatable bonds is 5. The van der Waals surface area contributed by atoms with Gasteiger partial charge in [0, 0.05) is 19.5 Å². The second kappa shape index (κ2) is 6.48. The van der Waals surface area contributed by atoms with Gasteiger partial charge < -0.3 is 10.1 Å². The molecule has 0 unspecified atom stereocenters. The van der Waals surface area contributed by atoms with E-state index in [1.807, 2.05) is 20.0 Å². The molecule has 0 spiro atoms. The maximum Gasteiger partial charge on any atom is 0.183 e. The fourth-order valence-electron chi connectivity index (χ4n) is 2.43. The lowest BCUT2D eigenvalue weighted by Gasteiger charge is -2.15. The zero-order valence-electron chi connectivity index (χ0n) is 13.9. The Labute approximate surface area is 135 Å². The van der Waals surface area contributed by atoms with Gasteiger partial charge in [-0.05, 0) is 36.1 Å². The van der Waals surface area contributed by atoms with Gasteiger partial charge in [-0.1, -0.05) is 25.2 Å². The van der Waals surface area contributed by atoms with E-state index in [9.17, 15) is 4.79 Å². The maximum atomic E-state index is 11.9. The number of thiazole rings is 1. The van der Waals surface area contributed by atoms with Crippen molar-refractivity contribution in [3.05, 3.63) is 28.1 Å². The fourth-order valence-corrected chi connectivity index (χ4v) is 3.26. The third-order valence-corrected chi connectivity index (χ3v) is 4.79. The van der Waals surface area contributed by atoms with Crippen LogP contribution in [0.3, 0.4) is 0 Å². The molecule has 1 N–H and O–H groups in total. The van der Waals surface area contributed by atoms with Gasteiger partial charge in [0.25, 0.3) is 0 Å². The summed E-state index contributed by atoms with van der Waals surface area (Å²) >= 11 is 1.39. The molecule has 1 aromatic heterocycles. The van der Waals surface area contributed by atoms with Crippen LogP contribution in [-0.2, 0) is 0 Å². The summed E-state index contributed by atoms with van der Waals surface area (Å²) in [5.74, 6) is 1.25. The minimum atomic E-state index is 0.0373. The van der Waals surface area contributed by atoms with Crippen LogP contribution in [0.5, 0.6) is 5.75 Å². The van der Waals surface area contributed by atoms with Gasteiger partial charge in [0.15, 0.2) is 10.9 Å². The van der Waals surface area contributed by atoms with Crippen LogP contribution in [0.15, 0.2) is 12.1 Å². The molecule has 0 saturated carbocycles. The van der Waals surface area contributed by atoms with E-state index in [1.54, 1.807) is 14.0 Å². The maximum absolute atomic E-state index is 11.9. The molecule has 0 atom stereocenters. The van der Waals surface area contributed by atoms with E-state index in [2.05, 4.69) is 30.2 Å². The summed E-state index contributed by atoms with van der Waals surface area (Å²) in [6.07, 6.45) is 0. The minimum absolute atomic E-state index is 0.0373. The van der Waals surface area contributed by atoms with Gasteiger partial charge in [0.2, 0.25) is 0 Å². The van der Waals surface area contributed by atoms with E-state index >= 15 is 0 Å². The molecule has 0 radical (unpaired) electrons. The van der Waals surface area contributed by atoms with E-state index in [0.717, 1.165) is 33.3 Å². The molecule has 5 heteroatoms. The molecule has 1 heterocycles. The smallest absolute Gasteiger partial charge is 0.183 e. The SMILES string of the molecule is CNc1nc(-c2cc(C(C)C)c(OC)cc2C)c(C(C)=O)s1. The van der Waals surface area contributed by atoms with Crippen molar-refractivity contribution < 1.29 is 9.53 Å². The predicted molar refractivity (Wildman–Crippen MR) is 92.5 cm³/mol. The molecule has 0 fully saturated rings. The number of carbonyl (C=O) groups excluding carboxylic acids is 1. The molecule has 0 aliphatic carbocycles. The zero-order valence-corrected chi connectivity index (χ0v) is 14.7. The minimum Gasteiger partial charge on any atom is -0.496 e. The van der Waals surface area contributed by atoms with Crippen LogP contribution in [-0.4, -0.2) is 24.9 Å². The molecule has 0 aliphatic heterocycles. The molecule has 0 amide bonds. The fraction of sp³-hybridized carbons (Fsp3) is 0.412. The summed E-state index contributed by atoms with van der Waals surface area (Å²) in [7, 11) is 3.50. The third-order valence-electron chi connectivity index (χ3n) is 3.61. The van der Waals surface area contributed by atoms with Crippen molar-refractivity contribution in [2.24, 2.45) is 0 Å². The van der Waals surface area contributed by atoms with Crippen molar-refractivity contribution in [3.63, 3.8) is 0 Å². The number of benzene rings is 1. The van der Waals surface area contributed by atoms with E-state index in [4.69, 9.17) is 4.74 Å². The van der Waals surface area contributed by atoms with Crippen molar-refractivity contribution in [1.29, 1.82) is 0 Å². The molecular formula is C17H22N2O2S. The van der Waals surface area contributed by atoms with Gasteiger partial charge in [-0.3, -0.25) is 4.79 Å². The molecule has 22 heavy (non-hydrogen) atoms. The van der Waals surface area contributed by atoms with E-state index in [1.165, 1.54) is 11.3 Å². The van der Waals surface area contributed by atoms with Crippen molar-refractivity contribution in [3.8, 4) is 17.0 Å². The number of aromatic nitrogens is 1. The van der Waals surface area contributed by atoms with Crippen LogP contribution in [0.2, 0.25) is 0 Å². The molecular weight excluding hydrogens is 296 g/mol. The van der Waals surface area contributed by atoms with Crippen LogP contribution >= 0.6 is 11.3 Å². The van der Waals surface area contributed by atoms with E-state index < -0.39 is 0 Å². The normalized spacial score (nSPS) is 10.9. The molecule has 118 valence electrons. The van der Waals surface area contributed by atoms with Gasteiger partial charge in [0.05, 0.1) is 17.7 Å². The Bertz CT molecular complexity index is 705. The summed E-state index contributed by atoms with van der Waals surface area (Å²) in [5.41, 5.74) is 3.92. The van der Waals surface area contributed by atoms with Gasteiger partial charge >= 0.3 is 0 Å². The highest BCUT2D eigenvalue weighted by atomic mass is 32.1. The van der Waals surface area contributed by atoms with Crippen molar-refractivity contribution in [2.45, 2.75) is 33.6 Å². The van der Waals surface area contributed by atoms with Crippen molar-refractivity contribution in [1.82, 2.24) is 4.98 Å². The summed E-state index contributed by atoms with van der Waals surface area (Å²) in [5, 5.41) is 3.77. The Morgan fingerprint density at radius 3 is 2.55 bits per heavy atom. The van der Waals surface area contributed by atoms with Crippen LogP contribution in [0.4, 0.5) is 5.13 Å². The van der Waals surface area contributed by atoms with E-state index in [0.29, 0.717) is 10.8 Å². The van der Waals surface area contributed by atoms with E-state index in [-0.39, 0.29) is 5.78 Å². The summed E-state index contributed by atoms with van der Waals surface area (Å²) in [4.78, 5) is 17.2. The number of ketones is 1. The molecule has 0 saturated heterocycles. The Hall–Kier alpha value is -1.88. The summed E-state index contributed by atoms with van der Waals surface area (Å²) in [6.45, 7) is 7.86. The Balaban J connectivity index is 2.69. The number of carbonyl (C=O) groups is 1. The average Bonchev–Trinajstić information content (AvgIpc) is 2.90. The first-order valence-electron chi connectivity index (χ1n) is 7.27. The first-order valence-corrected chi connectivity index (χ1v) is 8.09. The largest absolute Gasteiger partial charge is 0.496 e. The van der Waals surface area contributed by atoms with Crippen LogP contribution < -0.4 is 10.1 Å². The molecule has 2 aromatic rings. The van der Waals surface area contributed by atoms with Crippen molar-refractivity contribution in [2.75, 3.05) is 19.5 Å². The highest BCUT2D eigenvalue weighted by Gasteiger charge is 2.20. The topological polar surface area (TPSA) is 51.2 Å². The third kappa shape index (κ3) is 2.99. The first-order chi connectivity index (χ1) is 10.4. The Morgan fingerprint density at radius 1 is 1.36 bits per heavy atom. The second-order valence-corrected chi connectivity index (χ2v) is 6.57. The lowest BCUT2D eigenvalue weighted by Crippen LogP contribution is -1.99. The van der Waals surface area contributed by atoms with Gasteiger partial charge in [-0.25, -0.2) is 4.98 Å². The monoisotopic (exact) mass is 318 g/mol. The highest BCUT2D eigenvalue weighted by Crippen LogP contribution is 2.38.